The van der Waals surface area contributed by atoms with Crippen LogP contribution in [0.15, 0.2) is 114 Å². The van der Waals surface area contributed by atoms with Gasteiger partial charge in [-0.15, -0.1) is 0 Å². The molecule has 1 N–H and O–H groups in total. The normalized spacial score (nSPS) is 11.8. The molecule has 4 aromatic rings. The van der Waals surface area contributed by atoms with Gasteiger partial charge in [-0.25, -0.2) is 12.8 Å². The van der Waals surface area contributed by atoms with Gasteiger partial charge in [-0.2, -0.15) is 0 Å². The SMILES string of the molecule is CCCNC(=O)[C@H](Cc1ccccc1)N(Cc1ccc(F)cc1)C(=O)CN(c1cccc(OC)c1)S(=O)(=O)c1ccccc1. The second-order valence-corrected chi connectivity index (χ2v) is 12.0. The molecule has 230 valence electrons. The maximum atomic E-state index is 14.4. The minimum absolute atomic E-state index is 0.00206. The molecule has 44 heavy (non-hydrogen) atoms. The Morgan fingerprint density at radius 3 is 2.16 bits per heavy atom. The van der Waals surface area contributed by atoms with E-state index in [1.807, 2.05) is 37.3 Å². The largest absolute Gasteiger partial charge is 0.497 e. The first-order valence-corrected chi connectivity index (χ1v) is 15.7. The van der Waals surface area contributed by atoms with Crippen LogP contribution < -0.4 is 14.4 Å². The molecule has 0 fully saturated rings. The van der Waals surface area contributed by atoms with Crippen molar-refractivity contribution in [1.82, 2.24) is 10.2 Å². The summed E-state index contributed by atoms with van der Waals surface area (Å²) < 4.78 is 48.2. The van der Waals surface area contributed by atoms with Crippen LogP contribution in [-0.4, -0.2) is 51.4 Å². The van der Waals surface area contributed by atoms with Crippen molar-refractivity contribution in [1.29, 1.82) is 0 Å². The van der Waals surface area contributed by atoms with Crippen molar-refractivity contribution in [2.24, 2.45) is 0 Å². The molecule has 4 rings (SSSR count). The van der Waals surface area contributed by atoms with Gasteiger partial charge in [0.25, 0.3) is 10.0 Å². The van der Waals surface area contributed by atoms with Crippen molar-refractivity contribution in [2.75, 3.05) is 24.5 Å². The molecule has 4 aromatic carbocycles. The fraction of sp³-hybridized carbons (Fsp3) is 0.235. The number of rotatable bonds is 14. The van der Waals surface area contributed by atoms with Crippen molar-refractivity contribution in [3.8, 4) is 5.75 Å². The molecular formula is C34H36FN3O5S. The van der Waals surface area contributed by atoms with Crippen LogP contribution in [0.1, 0.15) is 24.5 Å². The molecule has 0 bridgehead atoms. The Balaban J connectivity index is 1.79. The first-order valence-electron chi connectivity index (χ1n) is 14.3. The van der Waals surface area contributed by atoms with E-state index in [0.29, 0.717) is 24.3 Å². The number of carbonyl (C=O) groups excluding carboxylic acids is 2. The number of carbonyl (C=O) groups is 2. The Morgan fingerprint density at radius 2 is 1.52 bits per heavy atom. The summed E-state index contributed by atoms with van der Waals surface area (Å²) >= 11 is 0. The van der Waals surface area contributed by atoms with E-state index in [4.69, 9.17) is 4.74 Å². The zero-order valence-electron chi connectivity index (χ0n) is 24.7. The first kappa shape index (κ1) is 32.2. The minimum Gasteiger partial charge on any atom is -0.497 e. The van der Waals surface area contributed by atoms with Gasteiger partial charge in [-0.05, 0) is 53.9 Å². The van der Waals surface area contributed by atoms with Gasteiger partial charge in [0, 0.05) is 25.6 Å². The van der Waals surface area contributed by atoms with E-state index < -0.39 is 34.3 Å². The van der Waals surface area contributed by atoms with Gasteiger partial charge < -0.3 is 15.0 Å². The van der Waals surface area contributed by atoms with Gasteiger partial charge in [0.1, 0.15) is 24.2 Å². The Kier molecular flexibility index (Phi) is 11.1. The third-order valence-electron chi connectivity index (χ3n) is 7.04. The smallest absolute Gasteiger partial charge is 0.264 e. The number of sulfonamides is 1. The van der Waals surface area contributed by atoms with Crippen LogP contribution in [0, 0.1) is 5.82 Å². The summed E-state index contributed by atoms with van der Waals surface area (Å²) in [4.78, 5) is 29.4. The minimum atomic E-state index is -4.23. The average molecular weight is 618 g/mol. The number of nitrogens with one attached hydrogen (secondary N) is 1. The topological polar surface area (TPSA) is 96.0 Å². The van der Waals surface area contributed by atoms with E-state index in [9.17, 15) is 22.4 Å². The summed E-state index contributed by atoms with van der Waals surface area (Å²) in [7, 11) is -2.76. The van der Waals surface area contributed by atoms with Crippen molar-refractivity contribution in [3.05, 3.63) is 126 Å². The molecule has 0 spiro atoms. The fourth-order valence-electron chi connectivity index (χ4n) is 4.72. The Hall–Kier alpha value is -4.70. The van der Waals surface area contributed by atoms with Gasteiger partial charge in [0.05, 0.1) is 17.7 Å². The van der Waals surface area contributed by atoms with Crippen LogP contribution in [0.5, 0.6) is 5.75 Å². The van der Waals surface area contributed by atoms with Crippen LogP contribution in [0.3, 0.4) is 0 Å². The molecule has 0 unspecified atom stereocenters. The Bertz CT molecular complexity index is 1630. The summed E-state index contributed by atoms with van der Waals surface area (Å²) in [6, 6.07) is 28.2. The maximum absolute atomic E-state index is 14.4. The van der Waals surface area contributed by atoms with Gasteiger partial charge in [0.2, 0.25) is 11.8 Å². The molecular weight excluding hydrogens is 581 g/mol. The summed E-state index contributed by atoms with van der Waals surface area (Å²) in [6.07, 6.45) is 0.878. The Morgan fingerprint density at radius 1 is 0.864 bits per heavy atom. The van der Waals surface area contributed by atoms with Crippen LogP contribution in [0.2, 0.25) is 0 Å². The second-order valence-electron chi connectivity index (χ2n) is 10.2. The van der Waals surface area contributed by atoms with E-state index in [1.165, 1.54) is 42.3 Å². The van der Waals surface area contributed by atoms with E-state index in [2.05, 4.69) is 5.32 Å². The van der Waals surface area contributed by atoms with E-state index in [1.54, 1.807) is 48.5 Å². The highest BCUT2D eigenvalue weighted by Crippen LogP contribution is 2.28. The number of benzene rings is 4. The van der Waals surface area contributed by atoms with Gasteiger partial charge in [-0.3, -0.25) is 13.9 Å². The lowest BCUT2D eigenvalue weighted by molar-refractivity contribution is -0.140. The molecule has 8 nitrogen and oxygen atoms in total. The molecule has 0 saturated heterocycles. The molecule has 2 amide bonds. The molecule has 0 heterocycles. The number of halogens is 1. The molecule has 0 aliphatic carbocycles. The highest BCUT2D eigenvalue weighted by molar-refractivity contribution is 7.92. The summed E-state index contributed by atoms with van der Waals surface area (Å²) in [5.41, 5.74) is 1.63. The quantitative estimate of drug-likeness (QED) is 0.210. The summed E-state index contributed by atoms with van der Waals surface area (Å²) in [5, 5.41) is 2.90. The number of hydrogen-bond donors (Lipinski definition) is 1. The van der Waals surface area contributed by atoms with Gasteiger partial charge >= 0.3 is 0 Å². The second kappa shape index (κ2) is 15.2. The maximum Gasteiger partial charge on any atom is 0.264 e. The average Bonchev–Trinajstić information content (AvgIpc) is 3.05. The summed E-state index contributed by atoms with van der Waals surface area (Å²) in [6.45, 7) is 1.68. The molecule has 0 radical (unpaired) electrons. The molecule has 0 aliphatic rings. The zero-order chi connectivity index (χ0) is 31.5. The number of ether oxygens (including phenoxy) is 1. The predicted octanol–water partition coefficient (Wildman–Crippen LogP) is 5.20. The number of amides is 2. The van der Waals surface area contributed by atoms with Crippen LogP contribution >= 0.6 is 0 Å². The summed E-state index contributed by atoms with van der Waals surface area (Å²) in [5.74, 6) is -1.01. The van der Waals surface area contributed by atoms with E-state index >= 15 is 0 Å². The fourth-order valence-corrected chi connectivity index (χ4v) is 6.15. The van der Waals surface area contributed by atoms with E-state index in [0.717, 1.165) is 9.87 Å². The standard InChI is InChI=1S/C34H36FN3O5S/c1-3-21-36-34(40)32(22-26-11-6-4-7-12-26)37(24-27-17-19-28(35)20-18-27)33(39)25-38(29-13-10-14-30(23-29)43-2)44(41,42)31-15-8-5-9-16-31/h4-20,23,32H,3,21-22,24-25H2,1-2H3,(H,36,40)/t32-/m0/s1. The highest BCUT2D eigenvalue weighted by atomic mass is 32.2. The number of methoxy groups -OCH3 is 1. The van der Waals surface area contributed by atoms with Crippen molar-refractivity contribution < 1.29 is 27.1 Å². The Labute approximate surface area is 258 Å². The zero-order valence-corrected chi connectivity index (χ0v) is 25.5. The van der Waals surface area contributed by atoms with Gasteiger partial charge in [0.15, 0.2) is 0 Å². The highest BCUT2D eigenvalue weighted by Gasteiger charge is 2.34. The number of nitrogens with zero attached hydrogens (tertiary/aromatic N) is 2. The lowest BCUT2D eigenvalue weighted by atomic mass is 10.0. The number of anilines is 1. The first-order chi connectivity index (χ1) is 21.2. The van der Waals surface area contributed by atoms with Crippen molar-refractivity contribution in [2.45, 2.75) is 37.2 Å². The third-order valence-corrected chi connectivity index (χ3v) is 8.83. The van der Waals surface area contributed by atoms with Crippen molar-refractivity contribution >= 4 is 27.5 Å². The molecule has 0 aliphatic heterocycles. The third kappa shape index (κ3) is 8.23. The lowest BCUT2D eigenvalue weighted by Crippen LogP contribution is -2.53. The van der Waals surface area contributed by atoms with Crippen LogP contribution in [-0.2, 0) is 32.6 Å². The van der Waals surface area contributed by atoms with Crippen molar-refractivity contribution in [3.63, 3.8) is 0 Å². The van der Waals surface area contributed by atoms with Gasteiger partial charge in [-0.1, -0.05) is 73.7 Å². The van der Waals surface area contributed by atoms with E-state index in [-0.39, 0.29) is 29.5 Å². The number of hydrogen-bond acceptors (Lipinski definition) is 5. The molecule has 10 heteroatoms. The van der Waals surface area contributed by atoms with Crippen LogP contribution in [0.25, 0.3) is 0 Å². The monoisotopic (exact) mass is 617 g/mol. The molecule has 0 aromatic heterocycles. The lowest BCUT2D eigenvalue weighted by Gasteiger charge is -2.34. The molecule has 0 saturated carbocycles. The van der Waals surface area contributed by atoms with Crippen LogP contribution in [0.4, 0.5) is 10.1 Å². The molecule has 1 atom stereocenters. The predicted molar refractivity (Wildman–Crippen MR) is 168 cm³/mol.